The van der Waals surface area contributed by atoms with Gasteiger partial charge in [0.15, 0.2) is 5.60 Å². The molecule has 0 bridgehead atoms. The van der Waals surface area contributed by atoms with Gasteiger partial charge in [0, 0.05) is 12.8 Å². The summed E-state index contributed by atoms with van der Waals surface area (Å²) in [6.07, 6.45) is 1.31. The molecule has 84 valence electrons. The number of hydrogen-bond acceptors (Lipinski definition) is 3. The third-order valence-corrected chi connectivity index (χ3v) is 2.74. The third-order valence-electron chi connectivity index (χ3n) is 2.74. The van der Waals surface area contributed by atoms with Crippen molar-refractivity contribution in [3.8, 4) is 11.8 Å². The van der Waals surface area contributed by atoms with Gasteiger partial charge in [-0.25, -0.2) is 4.39 Å². The van der Waals surface area contributed by atoms with Crippen LogP contribution in [0.3, 0.4) is 0 Å². The first-order valence-corrected chi connectivity index (χ1v) is 5.31. The fourth-order valence-corrected chi connectivity index (χ4v) is 1.80. The third kappa shape index (κ3) is 2.31. The number of ether oxygens (including phenoxy) is 1. The zero-order valence-electron chi connectivity index (χ0n) is 8.87. The van der Waals surface area contributed by atoms with E-state index in [-0.39, 0.29) is 5.82 Å². The van der Waals surface area contributed by atoms with Crippen LogP contribution in [0.15, 0.2) is 24.3 Å². The molecule has 1 aliphatic heterocycles. The van der Waals surface area contributed by atoms with E-state index in [0.29, 0.717) is 18.6 Å². The molecular weight excluding hydrogens is 207 g/mol. The van der Waals surface area contributed by atoms with Gasteiger partial charge in [-0.3, -0.25) is 0 Å². The number of halogens is 1. The molecule has 4 heteroatoms. The first kappa shape index (κ1) is 10.9. The van der Waals surface area contributed by atoms with Crippen molar-refractivity contribution in [2.45, 2.75) is 18.4 Å². The number of nitriles is 1. The number of piperidine rings is 1. The molecule has 0 saturated carbocycles. The second-order valence-electron chi connectivity index (χ2n) is 3.91. The molecule has 0 spiro atoms. The van der Waals surface area contributed by atoms with Gasteiger partial charge in [-0.15, -0.1) is 0 Å². The maximum absolute atomic E-state index is 12.7. The predicted octanol–water partition coefficient (Wildman–Crippen LogP) is 1.85. The molecule has 0 atom stereocenters. The normalized spacial score (nSPS) is 18.8. The molecule has 1 fully saturated rings. The molecule has 1 N–H and O–H groups in total. The van der Waals surface area contributed by atoms with Crippen LogP contribution in [-0.4, -0.2) is 18.7 Å². The quantitative estimate of drug-likeness (QED) is 0.827. The summed E-state index contributed by atoms with van der Waals surface area (Å²) in [5, 5.41) is 12.4. The van der Waals surface area contributed by atoms with Gasteiger partial charge in [-0.1, -0.05) is 0 Å². The molecule has 0 aliphatic carbocycles. The van der Waals surface area contributed by atoms with Crippen molar-refractivity contribution in [3.05, 3.63) is 30.1 Å². The van der Waals surface area contributed by atoms with Crippen molar-refractivity contribution in [2.75, 3.05) is 13.1 Å². The van der Waals surface area contributed by atoms with Crippen molar-refractivity contribution in [1.82, 2.24) is 5.32 Å². The van der Waals surface area contributed by atoms with E-state index in [9.17, 15) is 9.65 Å². The number of nitrogens with one attached hydrogen (secondary N) is 1. The molecule has 1 heterocycles. The standard InChI is InChI=1S/C12H13FN2O/c13-10-1-3-11(4-2-10)16-12(9-14)5-7-15-8-6-12/h1-4,15H,5-8H2. The minimum absolute atomic E-state index is 0.302. The van der Waals surface area contributed by atoms with Gasteiger partial charge in [0.1, 0.15) is 17.6 Å². The van der Waals surface area contributed by atoms with E-state index in [2.05, 4.69) is 11.4 Å². The highest BCUT2D eigenvalue weighted by Gasteiger charge is 2.34. The van der Waals surface area contributed by atoms with Gasteiger partial charge < -0.3 is 10.1 Å². The number of hydrogen-bond donors (Lipinski definition) is 1. The highest BCUT2D eigenvalue weighted by Crippen LogP contribution is 2.25. The molecule has 1 saturated heterocycles. The van der Waals surface area contributed by atoms with Crippen LogP contribution in [0.4, 0.5) is 4.39 Å². The number of nitrogens with zero attached hydrogens (tertiary/aromatic N) is 1. The topological polar surface area (TPSA) is 45.0 Å². The van der Waals surface area contributed by atoms with Crippen molar-refractivity contribution in [2.24, 2.45) is 0 Å². The van der Waals surface area contributed by atoms with Crippen molar-refractivity contribution in [1.29, 1.82) is 5.26 Å². The highest BCUT2D eigenvalue weighted by atomic mass is 19.1. The average Bonchev–Trinajstić information content (AvgIpc) is 2.33. The summed E-state index contributed by atoms with van der Waals surface area (Å²) in [5.74, 6) is 0.244. The maximum atomic E-state index is 12.7. The summed E-state index contributed by atoms with van der Waals surface area (Å²) < 4.78 is 18.4. The first-order valence-electron chi connectivity index (χ1n) is 5.31. The van der Waals surface area contributed by atoms with Gasteiger partial charge in [0.2, 0.25) is 0 Å². The molecular formula is C12H13FN2O. The van der Waals surface area contributed by atoms with Gasteiger partial charge in [0.25, 0.3) is 0 Å². The molecule has 0 aromatic heterocycles. The Morgan fingerprint density at radius 2 is 1.88 bits per heavy atom. The lowest BCUT2D eigenvalue weighted by Crippen LogP contribution is -2.45. The van der Waals surface area contributed by atoms with Crippen LogP contribution >= 0.6 is 0 Å². The van der Waals surface area contributed by atoms with E-state index in [1.54, 1.807) is 12.1 Å². The minimum Gasteiger partial charge on any atom is -0.472 e. The Morgan fingerprint density at radius 1 is 1.25 bits per heavy atom. The lowest BCUT2D eigenvalue weighted by molar-refractivity contribution is 0.0920. The Morgan fingerprint density at radius 3 is 2.44 bits per heavy atom. The SMILES string of the molecule is N#CC1(Oc2ccc(F)cc2)CCNCC1. The van der Waals surface area contributed by atoms with Crippen LogP contribution in [-0.2, 0) is 0 Å². The second-order valence-corrected chi connectivity index (χ2v) is 3.91. The monoisotopic (exact) mass is 220 g/mol. The first-order chi connectivity index (χ1) is 7.74. The Hall–Kier alpha value is -1.60. The van der Waals surface area contributed by atoms with Gasteiger partial charge in [-0.2, -0.15) is 5.26 Å². The Kier molecular flexibility index (Phi) is 3.07. The van der Waals surface area contributed by atoms with Crippen molar-refractivity contribution < 1.29 is 9.13 Å². The molecule has 0 unspecified atom stereocenters. The predicted molar refractivity (Wildman–Crippen MR) is 57.5 cm³/mol. The summed E-state index contributed by atoms with van der Waals surface area (Å²) in [6, 6.07) is 8.00. The van der Waals surface area contributed by atoms with Crippen molar-refractivity contribution in [3.63, 3.8) is 0 Å². The summed E-state index contributed by atoms with van der Waals surface area (Å²) in [6.45, 7) is 1.55. The van der Waals surface area contributed by atoms with Gasteiger partial charge >= 0.3 is 0 Å². The Bertz CT molecular complexity index is 390. The van der Waals surface area contributed by atoms with Gasteiger partial charge in [-0.05, 0) is 37.4 Å². The van der Waals surface area contributed by atoms with Crippen LogP contribution in [0.2, 0.25) is 0 Å². The smallest absolute Gasteiger partial charge is 0.196 e. The van der Waals surface area contributed by atoms with E-state index in [0.717, 1.165) is 13.1 Å². The maximum Gasteiger partial charge on any atom is 0.196 e. The zero-order valence-corrected chi connectivity index (χ0v) is 8.87. The minimum atomic E-state index is -0.761. The van der Waals surface area contributed by atoms with Crippen LogP contribution in [0.1, 0.15) is 12.8 Å². The van der Waals surface area contributed by atoms with E-state index in [4.69, 9.17) is 4.74 Å². The fraction of sp³-hybridized carbons (Fsp3) is 0.417. The Labute approximate surface area is 93.8 Å². The zero-order chi connectivity index (χ0) is 11.4. The Balaban J connectivity index is 2.12. The largest absolute Gasteiger partial charge is 0.472 e. The van der Waals surface area contributed by atoms with Crippen LogP contribution in [0, 0.1) is 17.1 Å². The van der Waals surface area contributed by atoms with Crippen LogP contribution < -0.4 is 10.1 Å². The second kappa shape index (κ2) is 4.50. The lowest BCUT2D eigenvalue weighted by atomic mass is 9.94. The van der Waals surface area contributed by atoms with Crippen LogP contribution in [0.25, 0.3) is 0 Å². The van der Waals surface area contributed by atoms with E-state index < -0.39 is 5.60 Å². The van der Waals surface area contributed by atoms with Crippen LogP contribution in [0.5, 0.6) is 5.75 Å². The summed E-state index contributed by atoms with van der Waals surface area (Å²) >= 11 is 0. The summed E-state index contributed by atoms with van der Waals surface area (Å²) in [7, 11) is 0. The molecule has 0 amide bonds. The number of rotatable bonds is 2. The molecule has 0 radical (unpaired) electrons. The fourth-order valence-electron chi connectivity index (χ4n) is 1.80. The van der Waals surface area contributed by atoms with E-state index >= 15 is 0 Å². The molecule has 1 aliphatic rings. The molecule has 1 aromatic carbocycles. The molecule has 2 rings (SSSR count). The molecule has 3 nitrogen and oxygen atoms in total. The number of benzene rings is 1. The highest BCUT2D eigenvalue weighted by molar-refractivity contribution is 5.25. The van der Waals surface area contributed by atoms with Crippen molar-refractivity contribution >= 4 is 0 Å². The average molecular weight is 220 g/mol. The van der Waals surface area contributed by atoms with E-state index in [1.165, 1.54) is 12.1 Å². The molecule has 1 aromatic rings. The van der Waals surface area contributed by atoms with E-state index in [1.807, 2.05) is 0 Å². The summed E-state index contributed by atoms with van der Waals surface area (Å²) in [4.78, 5) is 0. The molecule has 16 heavy (non-hydrogen) atoms. The van der Waals surface area contributed by atoms with Gasteiger partial charge in [0.05, 0.1) is 0 Å². The summed E-state index contributed by atoms with van der Waals surface area (Å²) in [5.41, 5.74) is -0.761. The lowest BCUT2D eigenvalue weighted by Gasteiger charge is -2.31.